The first-order valence-electron chi connectivity index (χ1n) is 7.69. The van der Waals surface area contributed by atoms with Gasteiger partial charge in [-0.05, 0) is 32.0 Å². The maximum Gasteiger partial charge on any atom is 0.432 e. The lowest BCUT2D eigenvalue weighted by Gasteiger charge is -2.10. The maximum absolute atomic E-state index is 12.6. The highest BCUT2D eigenvalue weighted by Crippen LogP contribution is 2.31. The number of alkyl halides is 3. The molecule has 0 aliphatic rings. The molecule has 3 heterocycles. The molecule has 0 unspecified atom stereocenters. The van der Waals surface area contributed by atoms with Crippen LogP contribution in [0.2, 0.25) is 0 Å². The van der Waals surface area contributed by atoms with Crippen LogP contribution in [-0.4, -0.2) is 33.4 Å². The first-order valence-corrected chi connectivity index (χ1v) is 9.17. The first kappa shape index (κ1) is 19.1. The Bertz CT molecular complexity index is 1030. The van der Waals surface area contributed by atoms with E-state index in [1.54, 1.807) is 4.57 Å². The second kappa shape index (κ2) is 6.81. The minimum absolute atomic E-state index is 0.0391. The Labute approximate surface area is 151 Å². The quantitative estimate of drug-likeness (QED) is 0.651. The molecule has 2 N–H and O–H groups in total. The highest BCUT2D eigenvalue weighted by atomic mass is 32.2. The Balaban J connectivity index is 1.76. The van der Waals surface area contributed by atoms with Gasteiger partial charge in [0.1, 0.15) is 23.5 Å². The number of furan rings is 1. The van der Waals surface area contributed by atoms with Gasteiger partial charge in [0.15, 0.2) is 5.76 Å². The number of nitrogens with zero attached hydrogens (tertiary/aromatic N) is 4. The third kappa shape index (κ3) is 4.03. The SMILES string of the molecule is CC(C)n1cnnc1CNS(=O)(=O)c1ccc(-c2cc(C(F)(F)F)[nH]n2)o1. The van der Waals surface area contributed by atoms with Gasteiger partial charge in [-0.15, -0.1) is 10.2 Å². The van der Waals surface area contributed by atoms with Crippen molar-refractivity contribution in [3.8, 4) is 11.5 Å². The van der Waals surface area contributed by atoms with Crippen LogP contribution < -0.4 is 4.72 Å². The molecule has 146 valence electrons. The largest absolute Gasteiger partial charge is 0.442 e. The van der Waals surface area contributed by atoms with E-state index >= 15 is 0 Å². The average molecular weight is 404 g/mol. The number of H-pyrrole nitrogens is 1. The molecule has 3 aromatic rings. The maximum atomic E-state index is 12.6. The fourth-order valence-electron chi connectivity index (χ4n) is 2.25. The number of aromatic nitrogens is 5. The van der Waals surface area contributed by atoms with Gasteiger partial charge < -0.3 is 8.98 Å². The molecule has 9 nitrogen and oxygen atoms in total. The lowest BCUT2D eigenvalue weighted by molar-refractivity contribution is -0.141. The number of sulfonamides is 1. The molecule has 0 fully saturated rings. The monoisotopic (exact) mass is 404 g/mol. The Kier molecular flexibility index (Phi) is 4.82. The van der Waals surface area contributed by atoms with Crippen LogP contribution in [0, 0.1) is 0 Å². The molecule has 3 rings (SSSR count). The third-order valence-corrected chi connectivity index (χ3v) is 4.88. The van der Waals surface area contributed by atoms with E-state index in [1.807, 2.05) is 18.9 Å². The summed E-state index contributed by atoms with van der Waals surface area (Å²) in [5.41, 5.74) is -1.23. The van der Waals surface area contributed by atoms with Gasteiger partial charge in [0.25, 0.3) is 10.0 Å². The molecule has 0 aliphatic heterocycles. The van der Waals surface area contributed by atoms with Crippen molar-refractivity contribution in [1.29, 1.82) is 0 Å². The average Bonchev–Trinajstić information content (AvgIpc) is 3.30. The van der Waals surface area contributed by atoms with E-state index in [9.17, 15) is 21.6 Å². The van der Waals surface area contributed by atoms with Crippen molar-refractivity contribution < 1.29 is 26.0 Å². The van der Waals surface area contributed by atoms with E-state index in [4.69, 9.17) is 4.42 Å². The zero-order chi connectivity index (χ0) is 19.8. The number of nitrogens with one attached hydrogen (secondary N) is 2. The van der Waals surface area contributed by atoms with Crippen molar-refractivity contribution >= 4 is 10.0 Å². The van der Waals surface area contributed by atoms with Gasteiger partial charge in [0.2, 0.25) is 5.09 Å². The summed E-state index contributed by atoms with van der Waals surface area (Å²) in [6.45, 7) is 3.65. The van der Waals surface area contributed by atoms with Crippen LogP contribution in [0.5, 0.6) is 0 Å². The standard InChI is InChI=1S/C14H15F3N6O3S/c1-8(2)23-7-18-22-12(23)6-19-27(24,25)13-4-3-10(26-13)9-5-11(21-20-9)14(15,16)17/h3-5,7-8,19H,6H2,1-2H3,(H,20,21). The summed E-state index contributed by atoms with van der Waals surface area (Å²) in [7, 11) is -4.05. The molecule has 3 aromatic heterocycles. The Morgan fingerprint density at radius 3 is 2.70 bits per heavy atom. The summed E-state index contributed by atoms with van der Waals surface area (Å²) in [6.07, 6.45) is -3.12. The van der Waals surface area contributed by atoms with Crippen molar-refractivity contribution in [2.45, 2.75) is 37.7 Å². The van der Waals surface area contributed by atoms with Gasteiger partial charge in [-0.25, -0.2) is 13.1 Å². The number of hydrogen-bond donors (Lipinski definition) is 2. The summed E-state index contributed by atoms with van der Waals surface area (Å²) < 4.78 is 71.7. The van der Waals surface area contributed by atoms with E-state index in [0.29, 0.717) is 5.82 Å². The molecular weight excluding hydrogens is 389 g/mol. The van der Waals surface area contributed by atoms with Gasteiger partial charge >= 0.3 is 6.18 Å². The Morgan fingerprint density at radius 2 is 2.07 bits per heavy atom. The molecule has 27 heavy (non-hydrogen) atoms. The van der Waals surface area contributed by atoms with Crippen LogP contribution in [0.4, 0.5) is 13.2 Å². The van der Waals surface area contributed by atoms with Crippen molar-refractivity contribution in [1.82, 2.24) is 29.7 Å². The topological polar surface area (TPSA) is 119 Å². The van der Waals surface area contributed by atoms with Crippen LogP contribution in [0.3, 0.4) is 0 Å². The predicted octanol–water partition coefficient (Wildman–Crippen LogP) is 2.34. The van der Waals surface area contributed by atoms with Crippen LogP contribution in [0.1, 0.15) is 31.4 Å². The Hall–Kier alpha value is -2.67. The van der Waals surface area contributed by atoms with Crippen molar-refractivity contribution in [3.05, 3.63) is 36.0 Å². The lowest BCUT2D eigenvalue weighted by Crippen LogP contribution is -2.25. The van der Waals surface area contributed by atoms with E-state index in [-0.39, 0.29) is 24.0 Å². The zero-order valence-corrected chi connectivity index (χ0v) is 15.0. The molecular formula is C14H15F3N6O3S. The van der Waals surface area contributed by atoms with Crippen molar-refractivity contribution in [3.63, 3.8) is 0 Å². The van der Waals surface area contributed by atoms with Crippen LogP contribution >= 0.6 is 0 Å². The van der Waals surface area contributed by atoms with Gasteiger partial charge in [-0.1, -0.05) is 0 Å². The molecule has 0 saturated heterocycles. The molecule has 0 amide bonds. The van der Waals surface area contributed by atoms with Crippen molar-refractivity contribution in [2.75, 3.05) is 0 Å². The molecule has 0 saturated carbocycles. The summed E-state index contributed by atoms with van der Waals surface area (Å²) in [5, 5.41) is 12.5. The zero-order valence-electron chi connectivity index (χ0n) is 14.1. The third-order valence-electron chi connectivity index (χ3n) is 3.61. The van der Waals surface area contributed by atoms with Crippen LogP contribution in [0.15, 0.2) is 34.0 Å². The number of hydrogen-bond acceptors (Lipinski definition) is 6. The van der Waals surface area contributed by atoms with E-state index < -0.39 is 27.0 Å². The number of aromatic amines is 1. The summed E-state index contributed by atoms with van der Waals surface area (Å²) >= 11 is 0. The molecule has 0 radical (unpaired) electrons. The summed E-state index contributed by atoms with van der Waals surface area (Å²) in [5.74, 6) is 0.287. The molecule has 0 bridgehead atoms. The van der Waals surface area contributed by atoms with Crippen molar-refractivity contribution in [2.24, 2.45) is 0 Å². The second-order valence-electron chi connectivity index (χ2n) is 5.86. The van der Waals surface area contributed by atoms with E-state index in [2.05, 4.69) is 20.0 Å². The summed E-state index contributed by atoms with van der Waals surface area (Å²) in [6, 6.07) is 3.12. The number of rotatable bonds is 6. The minimum Gasteiger partial charge on any atom is -0.442 e. The molecule has 0 aliphatic carbocycles. The normalized spacial score (nSPS) is 12.8. The van der Waals surface area contributed by atoms with Gasteiger partial charge in [0, 0.05) is 6.04 Å². The second-order valence-corrected chi connectivity index (χ2v) is 7.55. The van der Waals surface area contributed by atoms with Crippen LogP contribution in [-0.2, 0) is 22.7 Å². The minimum atomic E-state index is -4.60. The fraction of sp³-hybridized carbons (Fsp3) is 0.357. The number of halogens is 3. The van der Waals surface area contributed by atoms with E-state index in [0.717, 1.165) is 12.1 Å². The lowest BCUT2D eigenvalue weighted by atomic mass is 10.3. The molecule has 13 heteroatoms. The first-order chi connectivity index (χ1) is 12.6. The van der Waals surface area contributed by atoms with Gasteiger partial charge in [0.05, 0.1) is 6.54 Å². The predicted molar refractivity (Wildman–Crippen MR) is 85.7 cm³/mol. The van der Waals surface area contributed by atoms with Gasteiger partial charge in [-0.2, -0.15) is 18.3 Å². The van der Waals surface area contributed by atoms with Gasteiger partial charge in [-0.3, -0.25) is 5.10 Å². The van der Waals surface area contributed by atoms with E-state index in [1.165, 1.54) is 12.4 Å². The molecule has 0 atom stereocenters. The smallest absolute Gasteiger partial charge is 0.432 e. The highest BCUT2D eigenvalue weighted by molar-refractivity contribution is 7.89. The van der Waals surface area contributed by atoms with Crippen LogP contribution in [0.25, 0.3) is 11.5 Å². The molecule has 0 spiro atoms. The highest BCUT2D eigenvalue weighted by Gasteiger charge is 2.33. The Morgan fingerprint density at radius 1 is 1.33 bits per heavy atom. The summed E-state index contributed by atoms with van der Waals surface area (Å²) in [4.78, 5) is 0. The fourth-order valence-corrected chi connectivity index (χ4v) is 3.16. The molecule has 0 aromatic carbocycles.